The van der Waals surface area contributed by atoms with Crippen molar-refractivity contribution in [1.82, 2.24) is 5.32 Å². The fourth-order valence-corrected chi connectivity index (χ4v) is 4.23. The summed E-state index contributed by atoms with van der Waals surface area (Å²) < 4.78 is 47.9. The van der Waals surface area contributed by atoms with Crippen molar-refractivity contribution in [2.45, 2.75) is 26.2 Å². The molecule has 0 bridgehead atoms. The van der Waals surface area contributed by atoms with Crippen molar-refractivity contribution in [2.75, 3.05) is 19.8 Å². The van der Waals surface area contributed by atoms with Crippen LogP contribution in [0.4, 0.5) is 8.78 Å². The fourth-order valence-electron chi connectivity index (χ4n) is 4.23. The monoisotopic (exact) mass is 556 g/mol. The number of hydrogen-bond donors (Lipinski definition) is 1. The van der Waals surface area contributed by atoms with Gasteiger partial charge in [0.25, 0.3) is 5.91 Å². The van der Waals surface area contributed by atoms with Crippen molar-refractivity contribution < 1.29 is 27.8 Å². The van der Waals surface area contributed by atoms with E-state index >= 15 is 8.78 Å². The molecule has 4 rings (SSSR count). The Morgan fingerprint density at radius 3 is 2.27 bits per heavy atom. The normalized spacial score (nSPS) is 11.5. The van der Waals surface area contributed by atoms with Gasteiger partial charge in [0.2, 0.25) is 0 Å². The molecule has 0 aromatic heterocycles. The van der Waals surface area contributed by atoms with Crippen molar-refractivity contribution in [2.24, 2.45) is 0 Å². The molecule has 0 aliphatic carbocycles. The Balaban J connectivity index is 1.45. The van der Waals surface area contributed by atoms with Crippen LogP contribution < -0.4 is 10.1 Å². The average molecular weight is 557 g/mol. The van der Waals surface area contributed by atoms with Crippen LogP contribution in [0, 0.1) is 23.0 Å². The number of carbonyl (C=O) groups excluding carboxylic acids is 1. The van der Waals surface area contributed by atoms with Crippen LogP contribution in [-0.4, -0.2) is 25.7 Å². The zero-order chi connectivity index (χ0) is 29.0. The molecule has 0 saturated heterocycles. The first-order valence-corrected chi connectivity index (χ1v) is 13.2. The minimum absolute atomic E-state index is 0.0681. The van der Waals surface area contributed by atoms with Gasteiger partial charge < -0.3 is 19.5 Å². The molecule has 4 aromatic rings. The smallest absolute Gasteiger partial charge is 0.254 e. The molecule has 0 aliphatic rings. The molecule has 0 unspecified atom stereocenters. The number of ether oxygens (including phenoxy) is 3. The third kappa shape index (κ3) is 7.98. The Hall–Kier alpha value is -4.58. The van der Waals surface area contributed by atoms with E-state index < -0.39 is 29.2 Å². The highest BCUT2D eigenvalue weighted by atomic mass is 19.1. The highest BCUT2D eigenvalue weighted by molar-refractivity contribution is 5.83. The number of rotatable bonds is 13. The molecule has 1 atom stereocenters. The first-order valence-electron chi connectivity index (χ1n) is 13.2. The van der Waals surface area contributed by atoms with E-state index in [4.69, 9.17) is 19.5 Å². The molecular weight excluding hydrogens is 526 g/mol. The SMILES string of the molecule is CCO[C@H](C(=O)NCc1ccc(C#N)cc1)c1c(F)cc(-c2ccccc2OCCOCc2ccccc2)cc1F. The van der Waals surface area contributed by atoms with E-state index in [0.717, 1.165) is 11.1 Å². The van der Waals surface area contributed by atoms with Crippen molar-refractivity contribution >= 4 is 5.91 Å². The lowest BCUT2D eigenvalue weighted by Gasteiger charge is -2.20. The van der Waals surface area contributed by atoms with Crippen LogP contribution in [0.25, 0.3) is 11.1 Å². The van der Waals surface area contributed by atoms with Gasteiger partial charge in [0, 0.05) is 18.7 Å². The molecule has 210 valence electrons. The van der Waals surface area contributed by atoms with Crippen molar-refractivity contribution in [3.63, 3.8) is 0 Å². The molecule has 0 heterocycles. The number of halogens is 2. The van der Waals surface area contributed by atoms with Gasteiger partial charge in [-0.15, -0.1) is 0 Å². The summed E-state index contributed by atoms with van der Waals surface area (Å²) in [5.74, 6) is -2.05. The number of amides is 1. The van der Waals surface area contributed by atoms with E-state index in [0.29, 0.717) is 30.1 Å². The predicted octanol–water partition coefficient (Wildman–Crippen LogP) is 6.49. The summed E-state index contributed by atoms with van der Waals surface area (Å²) in [6.45, 7) is 2.85. The van der Waals surface area contributed by atoms with E-state index in [-0.39, 0.29) is 25.3 Å². The minimum atomic E-state index is -1.49. The van der Waals surface area contributed by atoms with Gasteiger partial charge in [-0.25, -0.2) is 8.78 Å². The van der Waals surface area contributed by atoms with Crippen LogP contribution in [0.1, 0.15) is 35.3 Å². The van der Waals surface area contributed by atoms with Gasteiger partial charge in [-0.2, -0.15) is 5.26 Å². The quantitative estimate of drug-likeness (QED) is 0.190. The van der Waals surface area contributed by atoms with Crippen LogP contribution in [0.2, 0.25) is 0 Å². The molecule has 0 saturated carbocycles. The third-order valence-corrected chi connectivity index (χ3v) is 6.26. The van der Waals surface area contributed by atoms with E-state index in [1.165, 1.54) is 12.1 Å². The van der Waals surface area contributed by atoms with Crippen LogP contribution in [-0.2, 0) is 27.4 Å². The summed E-state index contributed by atoms with van der Waals surface area (Å²) in [5, 5.41) is 11.6. The summed E-state index contributed by atoms with van der Waals surface area (Å²) in [7, 11) is 0. The lowest BCUT2D eigenvalue weighted by molar-refractivity contribution is -0.133. The molecule has 0 spiro atoms. The second-order valence-corrected chi connectivity index (χ2v) is 9.10. The summed E-state index contributed by atoms with van der Waals surface area (Å²) in [5.41, 5.74) is 2.55. The van der Waals surface area contributed by atoms with Gasteiger partial charge >= 0.3 is 0 Å². The molecule has 0 aliphatic heterocycles. The number of nitrogens with one attached hydrogen (secondary N) is 1. The Morgan fingerprint density at radius 2 is 1.59 bits per heavy atom. The molecular formula is C33H30F2N2O4. The Bertz CT molecular complexity index is 1460. The van der Waals surface area contributed by atoms with Gasteiger partial charge in [-0.05, 0) is 53.9 Å². The van der Waals surface area contributed by atoms with Crippen LogP contribution in [0.3, 0.4) is 0 Å². The predicted molar refractivity (Wildman–Crippen MR) is 151 cm³/mol. The highest BCUT2D eigenvalue weighted by Gasteiger charge is 2.28. The molecule has 6 nitrogen and oxygen atoms in total. The third-order valence-electron chi connectivity index (χ3n) is 6.26. The molecule has 41 heavy (non-hydrogen) atoms. The number of benzene rings is 4. The Morgan fingerprint density at radius 1 is 0.902 bits per heavy atom. The van der Waals surface area contributed by atoms with Gasteiger partial charge in [0.15, 0.2) is 6.10 Å². The van der Waals surface area contributed by atoms with Crippen LogP contribution in [0.15, 0.2) is 91.0 Å². The standard InChI is InChI=1S/C33H30F2N2O4/c1-2-40-32(33(38)37-21-24-14-12-23(20-36)13-15-24)31-28(34)18-26(19-29(31)35)27-10-6-7-11-30(27)41-17-16-39-22-25-8-4-3-5-9-25/h3-15,18-19,32H,2,16-17,21-22H2,1H3,(H,37,38)/t32-/m0/s1. The number of nitrogens with zero attached hydrogens (tertiary/aromatic N) is 1. The van der Waals surface area contributed by atoms with E-state index in [9.17, 15) is 4.79 Å². The summed E-state index contributed by atoms with van der Waals surface area (Å²) in [6.07, 6.45) is -1.49. The maximum Gasteiger partial charge on any atom is 0.254 e. The van der Waals surface area contributed by atoms with E-state index in [1.807, 2.05) is 36.4 Å². The highest BCUT2D eigenvalue weighted by Crippen LogP contribution is 2.34. The van der Waals surface area contributed by atoms with Crippen LogP contribution in [0.5, 0.6) is 5.75 Å². The lowest BCUT2D eigenvalue weighted by Crippen LogP contribution is -2.31. The van der Waals surface area contributed by atoms with E-state index in [1.54, 1.807) is 55.5 Å². The van der Waals surface area contributed by atoms with Crippen molar-refractivity contribution in [3.05, 3.63) is 125 Å². The Kier molecular flexibility index (Phi) is 10.5. The minimum Gasteiger partial charge on any atom is -0.491 e. The molecule has 1 amide bonds. The molecule has 4 aromatic carbocycles. The fraction of sp³-hybridized carbons (Fsp3) is 0.212. The first kappa shape index (κ1) is 29.4. The van der Waals surface area contributed by atoms with Crippen molar-refractivity contribution in [1.29, 1.82) is 5.26 Å². The second-order valence-electron chi connectivity index (χ2n) is 9.10. The average Bonchev–Trinajstić information content (AvgIpc) is 3.00. The molecule has 0 fully saturated rings. The molecule has 0 radical (unpaired) electrons. The second kappa shape index (κ2) is 14.7. The van der Waals surface area contributed by atoms with Gasteiger partial charge in [-0.3, -0.25) is 4.79 Å². The number of hydrogen-bond acceptors (Lipinski definition) is 5. The van der Waals surface area contributed by atoms with E-state index in [2.05, 4.69) is 5.32 Å². The summed E-state index contributed by atoms with van der Waals surface area (Å²) in [4.78, 5) is 13.0. The van der Waals surface area contributed by atoms with Crippen LogP contribution >= 0.6 is 0 Å². The number of nitriles is 1. The summed E-state index contributed by atoms with van der Waals surface area (Å²) >= 11 is 0. The maximum absolute atomic E-state index is 15.4. The van der Waals surface area contributed by atoms with Crippen molar-refractivity contribution in [3.8, 4) is 22.9 Å². The largest absolute Gasteiger partial charge is 0.491 e. The van der Waals surface area contributed by atoms with Gasteiger partial charge in [0.1, 0.15) is 24.0 Å². The maximum atomic E-state index is 15.4. The Labute approximate surface area is 238 Å². The molecule has 8 heteroatoms. The van der Waals surface area contributed by atoms with Gasteiger partial charge in [-0.1, -0.05) is 60.7 Å². The zero-order valence-corrected chi connectivity index (χ0v) is 22.6. The zero-order valence-electron chi connectivity index (χ0n) is 22.6. The number of carbonyl (C=O) groups is 1. The lowest BCUT2D eigenvalue weighted by atomic mass is 9.99. The van der Waals surface area contributed by atoms with Gasteiger partial charge in [0.05, 0.1) is 30.4 Å². The molecule has 1 N–H and O–H groups in total. The topological polar surface area (TPSA) is 80.6 Å². The summed E-state index contributed by atoms with van der Waals surface area (Å²) in [6, 6.07) is 27.7. The number of para-hydroxylation sites is 1. The first-order chi connectivity index (χ1) is 20.0.